The first-order chi connectivity index (χ1) is 11.5. The topological polar surface area (TPSA) is 37.4 Å². The Morgan fingerprint density at radius 2 is 2.00 bits per heavy atom. The Morgan fingerprint density at radius 1 is 1.29 bits per heavy atom. The Hall–Kier alpha value is -1.98. The Balaban J connectivity index is 2.18. The normalized spacial score (nSPS) is 11.8. The van der Waals surface area contributed by atoms with Gasteiger partial charge in [0.15, 0.2) is 5.11 Å². The highest BCUT2D eigenvalue weighted by molar-refractivity contribution is 7.80. The van der Waals surface area contributed by atoms with Crippen LogP contribution in [0.15, 0.2) is 42.7 Å². The minimum Gasteiger partial charge on any atom is -0.383 e. The van der Waals surface area contributed by atoms with Gasteiger partial charge in [-0.25, -0.2) is 0 Å². The maximum atomic E-state index is 5.67. The molecule has 5 heteroatoms. The van der Waals surface area contributed by atoms with Crippen LogP contribution in [0.1, 0.15) is 29.7 Å². The van der Waals surface area contributed by atoms with E-state index in [4.69, 9.17) is 17.0 Å². The molecule has 2 rings (SSSR count). The van der Waals surface area contributed by atoms with E-state index in [0.717, 1.165) is 11.3 Å². The predicted molar refractivity (Wildman–Crippen MR) is 103 cm³/mol. The second-order valence-electron chi connectivity index (χ2n) is 5.96. The van der Waals surface area contributed by atoms with E-state index in [0.29, 0.717) is 18.3 Å². The van der Waals surface area contributed by atoms with Crippen molar-refractivity contribution in [3.05, 3.63) is 59.4 Å². The quantitative estimate of drug-likeness (QED) is 0.799. The summed E-state index contributed by atoms with van der Waals surface area (Å²) in [7, 11) is 1.70. The molecule has 0 unspecified atom stereocenters. The number of hydrogen-bond acceptors (Lipinski definition) is 3. The van der Waals surface area contributed by atoms with Gasteiger partial charge in [0.05, 0.1) is 12.6 Å². The van der Waals surface area contributed by atoms with E-state index in [9.17, 15) is 0 Å². The van der Waals surface area contributed by atoms with Crippen LogP contribution in [0.3, 0.4) is 0 Å². The summed E-state index contributed by atoms with van der Waals surface area (Å²) in [5.41, 5.74) is 4.56. The molecule has 0 fully saturated rings. The summed E-state index contributed by atoms with van der Waals surface area (Å²) in [5.74, 6) is 0. The number of thiocarbonyl (C=S) groups is 1. The number of anilines is 1. The molecule has 1 atom stereocenters. The van der Waals surface area contributed by atoms with E-state index < -0.39 is 0 Å². The Morgan fingerprint density at radius 3 is 2.58 bits per heavy atom. The van der Waals surface area contributed by atoms with Gasteiger partial charge in [-0.2, -0.15) is 0 Å². The van der Waals surface area contributed by atoms with Crippen LogP contribution in [-0.4, -0.2) is 35.3 Å². The van der Waals surface area contributed by atoms with Crippen LogP contribution in [-0.2, 0) is 4.74 Å². The second-order valence-corrected chi connectivity index (χ2v) is 6.34. The van der Waals surface area contributed by atoms with Gasteiger partial charge in [0.25, 0.3) is 0 Å². The molecule has 24 heavy (non-hydrogen) atoms. The molecular weight excluding hydrogens is 318 g/mol. The van der Waals surface area contributed by atoms with Crippen molar-refractivity contribution in [1.82, 2.24) is 9.88 Å². The molecule has 0 spiro atoms. The molecule has 2 aromatic rings. The van der Waals surface area contributed by atoms with E-state index in [1.807, 2.05) is 12.3 Å². The molecule has 128 valence electrons. The number of methoxy groups -OCH3 is 1. The predicted octanol–water partition coefficient (Wildman–Crippen LogP) is 4.10. The maximum Gasteiger partial charge on any atom is 0.174 e. The molecule has 1 aromatic heterocycles. The molecular formula is C19H25N3OS. The number of aromatic nitrogens is 1. The van der Waals surface area contributed by atoms with Crippen LogP contribution in [0, 0.1) is 13.8 Å². The van der Waals surface area contributed by atoms with Crippen LogP contribution in [0.4, 0.5) is 5.69 Å². The highest BCUT2D eigenvalue weighted by Crippen LogP contribution is 2.21. The molecule has 4 nitrogen and oxygen atoms in total. The summed E-state index contributed by atoms with van der Waals surface area (Å²) in [5, 5.41) is 4.05. The Labute approximate surface area is 149 Å². The maximum absolute atomic E-state index is 5.67. The summed E-state index contributed by atoms with van der Waals surface area (Å²) in [6.45, 7) is 7.62. The number of nitrogens with one attached hydrogen (secondary N) is 1. The number of pyridine rings is 1. The van der Waals surface area contributed by atoms with Gasteiger partial charge in [-0.1, -0.05) is 12.1 Å². The SMILES string of the molecule is COCCN(C(=S)Nc1cc(C)cc(C)c1)[C@H](C)c1cccnc1. The monoisotopic (exact) mass is 343 g/mol. The first-order valence-electron chi connectivity index (χ1n) is 8.06. The van der Waals surface area contributed by atoms with Gasteiger partial charge in [0.2, 0.25) is 0 Å². The summed E-state index contributed by atoms with van der Waals surface area (Å²) in [4.78, 5) is 6.35. The standard InChI is InChI=1S/C19H25N3OS/c1-14-10-15(2)12-18(11-14)21-19(24)22(8-9-23-4)16(3)17-6-5-7-20-13-17/h5-7,10-13,16H,8-9H2,1-4H3,(H,21,24)/t16-/m1/s1. The second kappa shape index (κ2) is 8.76. The average molecular weight is 343 g/mol. The van der Waals surface area contributed by atoms with Crippen molar-refractivity contribution in [2.75, 3.05) is 25.6 Å². The molecule has 1 heterocycles. The lowest BCUT2D eigenvalue weighted by Gasteiger charge is -2.32. The van der Waals surface area contributed by atoms with Crippen molar-refractivity contribution in [1.29, 1.82) is 0 Å². The highest BCUT2D eigenvalue weighted by atomic mass is 32.1. The molecule has 0 radical (unpaired) electrons. The highest BCUT2D eigenvalue weighted by Gasteiger charge is 2.19. The van der Waals surface area contributed by atoms with Crippen LogP contribution < -0.4 is 5.32 Å². The molecule has 1 N–H and O–H groups in total. The van der Waals surface area contributed by atoms with E-state index in [1.54, 1.807) is 13.3 Å². The average Bonchev–Trinajstić information content (AvgIpc) is 2.54. The van der Waals surface area contributed by atoms with Crippen LogP contribution in [0.2, 0.25) is 0 Å². The third-order valence-corrected chi connectivity index (χ3v) is 4.24. The van der Waals surface area contributed by atoms with E-state index in [-0.39, 0.29) is 6.04 Å². The van der Waals surface area contributed by atoms with Gasteiger partial charge >= 0.3 is 0 Å². The Kier molecular flexibility index (Phi) is 6.70. The molecule has 0 aliphatic rings. The van der Waals surface area contributed by atoms with E-state index >= 15 is 0 Å². The first kappa shape index (κ1) is 18.4. The largest absolute Gasteiger partial charge is 0.383 e. The van der Waals surface area contributed by atoms with Crippen molar-refractivity contribution in [3.8, 4) is 0 Å². The number of nitrogens with zero attached hydrogens (tertiary/aromatic N) is 2. The number of hydrogen-bond donors (Lipinski definition) is 1. The lowest BCUT2D eigenvalue weighted by atomic mass is 10.1. The minimum atomic E-state index is 0.111. The Bertz CT molecular complexity index is 655. The molecule has 0 saturated carbocycles. The fourth-order valence-electron chi connectivity index (χ4n) is 2.71. The molecule has 0 aliphatic heterocycles. The summed E-state index contributed by atoms with van der Waals surface area (Å²) < 4.78 is 5.25. The van der Waals surface area contributed by atoms with Gasteiger partial charge in [-0.15, -0.1) is 0 Å². The third kappa shape index (κ3) is 5.01. The van der Waals surface area contributed by atoms with Crippen molar-refractivity contribution in [2.24, 2.45) is 0 Å². The van der Waals surface area contributed by atoms with Crippen LogP contribution in [0.5, 0.6) is 0 Å². The number of aryl methyl sites for hydroxylation is 2. The first-order valence-corrected chi connectivity index (χ1v) is 8.47. The number of benzene rings is 1. The zero-order chi connectivity index (χ0) is 17.5. The molecule has 1 aromatic carbocycles. The van der Waals surface area contributed by atoms with Crippen LogP contribution in [0.25, 0.3) is 0 Å². The summed E-state index contributed by atoms with van der Waals surface area (Å²) >= 11 is 5.67. The van der Waals surface area contributed by atoms with Gasteiger partial charge in [0.1, 0.15) is 0 Å². The fraction of sp³-hybridized carbons (Fsp3) is 0.368. The molecule has 0 bridgehead atoms. The number of ether oxygens (including phenoxy) is 1. The zero-order valence-corrected chi connectivity index (χ0v) is 15.6. The molecule has 0 saturated heterocycles. The fourth-order valence-corrected chi connectivity index (χ4v) is 3.07. The minimum absolute atomic E-state index is 0.111. The zero-order valence-electron chi connectivity index (χ0n) is 14.7. The van der Waals surface area contributed by atoms with Crippen molar-refractivity contribution >= 4 is 23.0 Å². The van der Waals surface area contributed by atoms with Crippen molar-refractivity contribution in [2.45, 2.75) is 26.8 Å². The van der Waals surface area contributed by atoms with Crippen molar-refractivity contribution in [3.63, 3.8) is 0 Å². The number of rotatable bonds is 6. The lowest BCUT2D eigenvalue weighted by Crippen LogP contribution is -2.39. The lowest BCUT2D eigenvalue weighted by molar-refractivity contribution is 0.165. The van der Waals surface area contributed by atoms with Crippen molar-refractivity contribution < 1.29 is 4.74 Å². The third-order valence-electron chi connectivity index (χ3n) is 3.90. The van der Waals surface area contributed by atoms with E-state index in [2.05, 4.69) is 60.2 Å². The van der Waals surface area contributed by atoms with E-state index in [1.165, 1.54) is 11.1 Å². The van der Waals surface area contributed by atoms with Gasteiger partial charge in [-0.3, -0.25) is 4.98 Å². The smallest absolute Gasteiger partial charge is 0.174 e. The molecule has 0 aliphatic carbocycles. The van der Waals surface area contributed by atoms with Gasteiger partial charge in [-0.05, 0) is 67.9 Å². The van der Waals surface area contributed by atoms with Gasteiger partial charge < -0.3 is 15.0 Å². The molecule has 0 amide bonds. The summed E-state index contributed by atoms with van der Waals surface area (Å²) in [6.07, 6.45) is 3.66. The van der Waals surface area contributed by atoms with Gasteiger partial charge in [0, 0.05) is 31.7 Å². The van der Waals surface area contributed by atoms with Crippen LogP contribution >= 0.6 is 12.2 Å². The summed E-state index contributed by atoms with van der Waals surface area (Å²) in [6, 6.07) is 10.5.